The van der Waals surface area contributed by atoms with Crippen LogP contribution in [-0.4, -0.2) is 60.4 Å². The van der Waals surface area contributed by atoms with Crippen molar-refractivity contribution in [2.75, 3.05) is 44.2 Å². The summed E-state index contributed by atoms with van der Waals surface area (Å²) < 4.78 is 43.4. The van der Waals surface area contributed by atoms with Crippen LogP contribution in [0.4, 0.5) is 19.0 Å². The molecular formula is C18H22F3N3O2S. The number of pyridine rings is 1. The monoisotopic (exact) mass is 401 g/mol. The molecule has 1 fully saturated rings. The van der Waals surface area contributed by atoms with Gasteiger partial charge >= 0.3 is 6.18 Å². The summed E-state index contributed by atoms with van der Waals surface area (Å²) >= 11 is 1.62. The molecule has 148 valence electrons. The van der Waals surface area contributed by atoms with Crippen LogP contribution in [0.5, 0.6) is 0 Å². The van der Waals surface area contributed by atoms with Crippen molar-refractivity contribution < 1.29 is 23.0 Å². The molecule has 1 saturated heterocycles. The van der Waals surface area contributed by atoms with Crippen molar-refractivity contribution in [1.29, 1.82) is 0 Å². The quantitative estimate of drug-likeness (QED) is 0.773. The van der Waals surface area contributed by atoms with Gasteiger partial charge in [-0.25, -0.2) is 4.98 Å². The van der Waals surface area contributed by atoms with Crippen LogP contribution in [0.3, 0.4) is 0 Å². The molecule has 0 bridgehead atoms. The lowest BCUT2D eigenvalue weighted by Crippen LogP contribution is -2.49. The van der Waals surface area contributed by atoms with Crippen LogP contribution in [0, 0.1) is 0 Å². The number of aliphatic hydroxyl groups excluding tert-OH is 1. The molecule has 5 nitrogen and oxygen atoms in total. The topological polar surface area (TPSA) is 48.8 Å². The van der Waals surface area contributed by atoms with Gasteiger partial charge in [-0.3, -0.25) is 4.90 Å². The van der Waals surface area contributed by atoms with Crippen LogP contribution in [0.15, 0.2) is 35.8 Å². The Kier molecular flexibility index (Phi) is 6.69. The molecule has 0 aromatic carbocycles. The third-order valence-electron chi connectivity index (χ3n) is 4.38. The maximum Gasteiger partial charge on any atom is 0.417 e. The Bertz CT molecular complexity index is 687. The van der Waals surface area contributed by atoms with Crippen molar-refractivity contribution >= 4 is 17.2 Å². The van der Waals surface area contributed by atoms with E-state index in [2.05, 4.69) is 9.88 Å². The fraction of sp³-hybridized carbons (Fsp3) is 0.500. The van der Waals surface area contributed by atoms with Crippen LogP contribution in [0.1, 0.15) is 10.4 Å². The van der Waals surface area contributed by atoms with Gasteiger partial charge in [0.05, 0.1) is 24.9 Å². The Labute approximate surface area is 160 Å². The molecule has 2 aromatic rings. The van der Waals surface area contributed by atoms with E-state index in [-0.39, 0.29) is 6.61 Å². The molecule has 1 unspecified atom stereocenters. The van der Waals surface area contributed by atoms with E-state index < -0.39 is 17.8 Å². The lowest BCUT2D eigenvalue weighted by atomic mass is 10.2. The number of β-amino-alcohol motifs (C(OH)–C–C–N with tert-alkyl or cyclic N) is 1. The van der Waals surface area contributed by atoms with E-state index in [0.29, 0.717) is 45.1 Å². The highest BCUT2D eigenvalue weighted by Gasteiger charge is 2.31. The number of halogens is 3. The Hall–Kier alpha value is -1.68. The molecular weight excluding hydrogens is 379 g/mol. The van der Waals surface area contributed by atoms with Crippen molar-refractivity contribution in [3.05, 3.63) is 46.3 Å². The second-order valence-corrected chi connectivity index (χ2v) is 7.47. The molecule has 3 heterocycles. The van der Waals surface area contributed by atoms with E-state index in [1.165, 1.54) is 6.07 Å². The fourth-order valence-corrected chi connectivity index (χ4v) is 3.58. The number of alkyl halides is 3. The summed E-state index contributed by atoms with van der Waals surface area (Å²) in [4.78, 5) is 9.14. The molecule has 2 aromatic heterocycles. The van der Waals surface area contributed by atoms with E-state index in [0.717, 1.165) is 17.1 Å². The van der Waals surface area contributed by atoms with E-state index in [1.807, 2.05) is 22.4 Å². The number of aliphatic hydroxyl groups is 1. The third kappa shape index (κ3) is 5.90. The van der Waals surface area contributed by atoms with Crippen LogP contribution < -0.4 is 4.90 Å². The molecule has 0 aliphatic carbocycles. The van der Waals surface area contributed by atoms with E-state index in [1.54, 1.807) is 11.3 Å². The smallest absolute Gasteiger partial charge is 0.389 e. The fourth-order valence-electron chi connectivity index (χ4n) is 2.94. The zero-order valence-electron chi connectivity index (χ0n) is 14.7. The van der Waals surface area contributed by atoms with Crippen LogP contribution in [-0.2, 0) is 17.5 Å². The standard InChI is InChI=1S/C18H22F3N3O2S/c19-18(20,21)14-3-4-17(22-10-14)24-7-5-23(6-8-24)11-15(25)12-26-13-16-2-1-9-27-16/h1-4,9-10,15,25H,5-8,11-13H2. The van der Waals surface area contributed by atoms with Gasteiger partial charge in [-0.2, -0.15) is 13.2 Å². The summed E-state index contributed by atoms with van der Waals surface area (Å²) in [6.07, 6.45) is -4.07. The Morgan fingerprint density at radius 2 is 1.96 bits per heavy atom. The number of ether oxygens (including phenoxy) is 1. The lowest BCUT2D eigenvalue weighted by molar-refractivity contribution is -0.137. The number of thiophene rings is 1. The summed E-state index contributed by atoms with van der Waals surface area (Å²) in [6, 6.07) is 6.42. The summed E-state index contributed by atoms with van der Waals surface area (Å²) in [5.74, 6) is 0.544. The predicted molar refractivity (Wildman–Crippen MR) is 97.9 cm³/mol. The predicted octanol–water partition coefficient (Wildman–Crippen LogP) is 2.86. The van der Waals surface area contributed by atoms with E-state index >= 15 is 0 Å². The number of aromatic nitrogens is 1. The van der Waals surface area contributed by atoms with Gasteiger partial charge in [0, 0.05) is 43.8 Å². The molecule has 0 saturated carbocycles. The van der Waals surface area contributed by atoms with Crippen molar-refractivity contribution in [2.45, 2.75) is 18.9 Å². The molecule has 1 N–H and O–H groups in total. The number of hydrogen-bond donors (Lipinski definition) is 1. The van der Waals surface area contributed by atoms with Crippen LogP contribution in [0.2, 0.25) is 0 Å². The molecule has 1 atom stereocenters. The van der Waals surface area contributed by atoms with Gasteiger partial charge in [-0.15, -0.1) is 11.3 Å². The summed E-state index contributed by atoms with van der Waals surface area (Å²) in [7, 11) is 0. The van der Waals surface area contributed by atoms with Crippen molar-refractivity contribution in [3.8, 4) is 0 Å². The molecule has 0 spiro atoms. The minimum absolute atomic E-state index is 0.276. The van der Waals surface area contributed by atoms with Gasteiger partial charge in [0.1, 0.15) is 5.82 Å². The Morgan fingerprint density at radius 1 is 1.19 bits per heavy atom. The zero-order chi connectivity index (χ0) is 19.3. The van der Waals surface area contributed by atoms with E-state index in [9.17, 15) is 18.3 Å². The average molecular weight is 401 g/mol. The molecule has 1 aliphatic rings. The number of nitrogens with zero attached hydrogens (tertiary/aromatic N) is 3. The maximum absolute atomic E-state index is 12.6. The summed E-state index contributed by atoms with van der Waals surface area (Å²) in [5, 5.41) is 12.1. The van der Waals surface area contributed by atoms with Gasteiger partial charge in [-0.1, -0.05) is 6.07 Å². The van der Waals surface area contributed by atoms with Gasteiger partial charge < -0.3 is 14.7 Å². The normalized spacial score (nSPS) is 17.3. The highest BCUT2D eigenvalue weighted by molar-refractivity contribution is 7.09. The first-order valence-electron chi connectivity index (χ1n) is 8.70. The van der Waals surface area contributed by atoms with Crippen LogP contribution >= 0.6 is 11.3 Å². The molecule has 0 amide bonds. The van der Waals surface area contributed by atoms with Gasteiger partial charge in [0.2, 0.25) is 0 Å². The molecule has 0 radical (unpaired) electrons. The number of rotatable bonds is 7. The number of anilines is 1. The van der Waals surface area contributed by atoms with E-state index in [4.69, 9.17) is 4.74 Å². The first-order valence-corrected chi connectivity index (χ1v) is 9.58. The lowest BCUT2D eigenvalue weighted by Gasteiger charge is -2.36. The van der Waals surface area contributed by atoms with Crippen molar-refractivity contribution in [2.24, 2.45) is 0 Å². The maximum atomic E-state index is 12.6. The molecule has 3 rings (SSSR count). The van der Waals surface area contributed by atoms with Crippen molar-refractivity contribution in [3.63, 3.8) is 0 Å². The van der Waals surface area contributed by atoms with Crippen molar-refractivity contribution in [1.82, 2.24) is 9.88 Å². The first-order chi connectivity index (χ1) is 12.9. The minimum atomic E-state index is -4.37. The Morgan fingerprint density at radius 3 is 2.56 bits per heavy atom. The Balaban J connectivity index is 1.39. The average Bonchev–Trinajstić information content (AvgIpc) is 3.15. The highest BCUT2D eigenvalue weighted by atomic mass is 32.1. The SMILES string of the molecule is OC(COCc1cccs1)CN1CCN(c2ccc(C(F)(F)F)cn2)CC1. The van der Waals surface area contributed by atoms with Gasteiger partial charge in [0.25, 0.3) is 0 Å². The third-order valence-corrected chi connectivity index (χ3v) is 5.22. The summed E-state index contributed by atoms with van der Waals surface area (Å²) in [5.41, 5.74) is -0.740. The van der Waals surface area contributed by atoms with Gasteiger partial charge in [-0.05, 0) is 23.6 Å². The van der Waals surface area contributed by atoms with Gasteiger partial charge in [0.15, 0.2) is 0 Å². The second-order valence-electron chi connectivity index (χ2n) is 6.44. The highest BCUT2D eigenvalue weighted by Crippen LogP contribution is 2.29. The number of hydrogen-bond acceptors (Lipinski definition) is 6. The first kappa shape index (κ1) is 20.1. The molecule has 1 aliphatic heterocycles. The molecule has 27 heavy (non-hydrogen) atoms. The molecule has 9 heteroatoms. The largest absolute Gasteiger partial charge is 0.417 e. The second kappa shape index (κ2) is 9.01. The van der Waals surface area contributed by atoms with Crippen LogP contribution in [0.25, 0.3) is 0 Å². The zero-order valence-corrected chi connectivity index (χ0v) is 15.5. The summed E-state index contributed by atoms with van der Waals surface area (Å²) in [6.45, 7) is 4.02. The number of piperazine rings is 1. The minimum Gasteiger partial charge on any atom is -0.389 e.